The van der Waals surface area contributed by atoms with Gasteiger partial charge in [0.05, 0.1) is 18.9 Å². The standard InChI is InChI=1S/C15H19NO3S/c1-9-11(3)20-15(16-9)8-19-13-6-5-12(10(2)17)7-14(13)18-4/h5-7,10,17H,8H2,1-4H3. The Morgan fingerprint density at radius 1 is 1.30 bits per heavy atom. The highest BCUT2D eigenvalue weighted by molar-refractivity contribution is 7.11. The van der Waals surface area contributed by atoms with Gasteiger partial charge in [-0.1, -0.05) is 6.07 Å². The lowest BCUT2D eigenvalue weighted by Crippen LogP contribution is -1.99. The van der Waals surface area contributed by atoms with E-state index in [2.05, 4.69) is 11.9 Å². The summed E-state index contributed by atoms with van der Waals surface area (Å²) in [6, 6.07) is 5.44. The first-order chi connectivity index (χ1) is 9.51. The number of aliphatic hydroxyl groups is 1. The van der Waals surface area contributed by atoms with Gasteiger partial charge < -0.3 is 14.6 Å². The molecule has 0 saturated heterocycles. The maximum Gasteiger partial charge on any atom is 0.161 e. The van der Waals surface area contributed by atoms with Gasteiger partial charge in [-0.2, -0.15) is 0 Å². The van der Waals surface area contributed by atoms with E-state index in [4.69, 9.17) is 9.47 Å². The largest absolute Gasteiger partial charge is 0.493 e. The van der Waals surface area contributed by atoms with Crippen LogP contribution in [0.25, 0.3) is 0 Å². The van der Waals surface area contributed by atoms with E-state index in [0.717, 1.165) is 16.3 Å². The first kappa shape index (κ1) is 14.8. The van der Waals surface area contributed by atoms with Crippen LogP contribution in [0.4, 0.5) is 0 Å². The molecule has 0 aliphatic heterocycles. The SMILES string of the molecule is COc1cc(C(C)O)ccc1OCc1nc(C)c(C)s1. The highest BCUT2D eigenvalue weighted by Gasteiger charge is 2.10. The molecule has 0 radical (unpaired) electrons. The predicted octanol–water partition coefficient (Wildman–Crippen LogP) is 3.40. The van der Waals surface area contributed by atoms with Gasteiger partial charge in [0.25, 0.3) is 0 Å². The minimum absolute atomic E-state index is 0.420. The normalized spacial score (nSPS) is 12.2. The quantitative estimate of drug-likeness (QED) is 0.918. The molecule has 0 fully saturated rings. The van der Waals surface area contributed by atoms with E-state index in [1.807, 2.05) is 19.1 Å². The molecule has 0 spiro atoms. The molecule has 2 rings (SSSR count). The summed E-state index contributed by atoms with van der Waals surface area (Å²) in [4.78, 5) is 5.65. The fraction of sp³-hybridized carbons (Fsp3) is 0.400. The molecule has 1 heterocycles. The summed E-state index contributed by atoms with van der Waals surface area (Å²) >= 11 is 1.64. The van der Waals surface area contributed by atoms with Crippen LogP contribution >= 0.6 is 11.3 Å². The topological polar surface area (TPSA) is 51.6 Å². The Balaban J connectivity index is 2.12. The highest BCUT2D eigenvalue weighted by atomic mass is 32.1. The van der Waals surface area contributed by atoms with Crippen molar-refractivity contribution in [2.75, 3.05) is 7.11 Å². The van der Waals surface area contributed by atoms with Crippen LogP contribution in [-0.4, -0.2) is 17.2 Å². The van der Waals surface area contributed by atoms with Crippen LogP contribution in [0.15, 0.2) is 18.2 Å². The van der Waals surface area contributed by atoms with Gasteiger partial charge in [-0.15, -0.1) is 11.3 Å². The van der Waals surface area contributed by atoms with Gasteiger partial charge in [0.15, 0.2) is 11.5 Å². The molecule has 0 amide bonds. The lowest BCUT2D eigenvalue weighted by atomic mass is 10.1. The van der Waals surface area contributed by atoms with E-state index in [9.17, 15) is 5.11 Å². The van der Waals surface area contributed by atoms with Gasteiger partial charge in [0, 0.05) is 4.88 Å². The Kier molecular flexibility index (Phi) is 4.62. The molecule has 5 heteroatoms. The maximum atomic E-state index is 9.57. The predicted molar refractivity (Wildman–Crippen MR) is 79.5 cm³/mol. The molecule has 0 saturated carbocycles. The minimum atomic E-state index is -0.526. The van der Waals surface area contributed by atoms with E-state index < -0.39 is 6.10 Å². The number of rotatable bonds is 5. The molecular formula is C15H19NO3S. The van der Waals surface area contributed by atoms with Gasteiger partial charge in [-0.3, -0.25) is 0 Å². The van der Waals surface area contributed by atoms with Crippen LogP contribution in [0, 0.1) is 13.8 Å². The lowest BCUT2D eigenvalue weighted by molar-refractivity contribution is 0.198. The van der Waals surface area contributed by atoms with E-state index in [1.54, 1.807) is 31.4 Å². The van der Waals surface area contributed by atoms with Gasteiger partial charge in [0.2, 0.25) is 0 Å². The summed E-state index contributed by atoms with van der Waals surface area (Å²) in [7, 11) is 1.59. The average molecular weight is 293 g/mol. The Morgan fingerprint density at radius 3 is 2.60 bits per heavy atom. The maximum absolute atomic E-state index is 9.57. The molecule has 1 N–H and O–H groups in total. The number of thiazole rings is 1. The Hall–Kier alpha value is -1.59. The number of hydrogen-bond donors (Lipinski definition) is 1. The number of hydrogen-bond acceptors (Lipinski definition) is 5. The molecule has 1 aromatic heterocycles. The van der Waals surface area contributed by atoms with Crippen LogP contribution in [0.3, 0.4) is 0 Å². The van der Waals surface area contributed by atoms with Gasteiger partial charge in [-0.25, -0.2) is 4.98 Å². The third-order valence-corrected chi connectivity index (χ3v) is 4.14. The van der Waals surface area contributed by atoms with Gasteiger partial charge in [0.1, 0.15) is 11.6 Å². The number of aryl methyl sites for hydroxylation is 2. The number of nitrogens with zero attached hydrogens (tertiary/aromatic N) is 1. The van der Waals surface area contributed by atoms with Crippen molar-refractivity contribution in [3.05, 3.63) is 39.3 Å². The molecule has 20 heavy (non-hydrogen) atoms. The fourth-order valence-corrected chi connectivity index (χ4v) is 2.65. The van der Waals surface area contributed by atoms with Crippen molar-refractivity contribution in [1.82, 2.24) is 4.98 Å². The summed E-state index contributed by atoms with van der Waals surface area (Å²) in [6.45, 7) is 6.18. The zero-order valence-corrected chi connectivity index (χ0v) is 13.0. The minimum Gasteiger partial charge on any atom is -0.493 e. The van der Waals surface area contributed by atoms with Gasteiger partial charge >= 0.3 is 0 Å². The van der Waals surface area contributed by atoms with Crippen LogP contribution in [0.1, 0.15) is 34.2 Å². The molecule has 1 atom stereocenters. The van der Waals surface area contributed by atoms with Crippen LogP contribution in [0.5, 0.6) is 11.5 Å². The van der Waals surface area contributed by atoms with Crippen molar-refractivity contribution in [3.63, 3.8) is 0 Å². The van der Waals surface area contributed by atoms with Crippen molar-refractivity contribution in [3.8, 4) is 11.5 Å². The number of methoxy groups -OCH3 is 1. The second-order valence-corrected chi connectivity index (χ2v) is 5.91. The molecular weight excluding hydrogens is 274 g/mol. The van der Waals surface area contributed by atoms with E-state index in [-0.39, 0.29) is 0 Å². The van der Waals surface area contributed by atoms with Crippen LogP contribution in [-0.2, 0) is 6.61 Å². The first-order valence-electron chi connectivity index (χ1n) is 6.43. The molecule has 4 nitrogen and oxygen atoms in total. The molecule has 1 aromatic carbocycles. The van der Waals surface area contributed by atoms with E-state index in [0.29, 0.717) is 18.1 Å². The summed E-state index contributed by atoms with van der Waals surface area (Å²) in [5.41, 5.74) is 1.85. The van der Waals surface area contributed by atoms with Crippen LogP contribution < -0.4 is 9.47 Å². The number of benzene rings is 1. The number of aliphatic hydroxyl groups excluding tert-OH is 1. The van der Waals surface area contributed by atoms with Gasteiger partial charge in [-0.05, 0) is 38.5 Å². The van der Waals surface area contributed by atoms with Crippen molar-refractivity contribution in [2.24, 2.45) is 0 Å². The second-order valence-electron chi connectivity index (χ2n) is 4.62. The smallest absolute Gasteiger partial charge is 0.161 e. The molecule has 2 aromatic rings. The summed E-state index contributed by atoms with van der Waals surface area (Å²) < 4.78 is 11.1. The number of ether oxygens (including phenoxy) is 2. The van der Waals surface area contributed by atoms with Crippen molar-refractivity contribution < 1.29 is 14.6 Å². The number of aromatic nitrogens is 1. The second kappa shape index (κ2) is 6.24. The average Bonchev–Trinajstić information content (AvgIpc) is 2.75. The third kappa shape index (κ3) is 3.29. The Morgan fingerprint density at radius 2 is 2.05 bits per heavy atom. The monoisotopic (exact) mass is 293 g/mol. The highest BCUT2D eigenvalue weighted by Crippen LogP contribution is 2.31. The molecule has 108 valence electrons. The van der Waals surface area contributed by atoms with Crippen molar-refractivity contribution in [1.29, 1.82) is 0 Å². The van der Waals surface area contributed by atoms with Crippen LogP contribution in [0.2, 0.25) is 0 Å². The zero-order valence-electron chi connectivity index (χ0n) is 12.1. The fourth-order valence-electron chi connectivity index (χ4n) is 1.80. The Bertz CT molecular complexity index is 573. The van der Waals surface area contributed by atoms with Crippen molar-refractivity contribution >= 4 is 11.3 Å². The summed E-state index contributed by atoms with van der Waals surface area (Å²) in [5, 5.41) is 10.5. The first-order valence-corrected chi connectivity index (χ1v) is 7.24. The molecule has 0 bridgehead atoms. The molecule has 0 aliphatic carbocycles. The summed E-state index contributed by atoms with van der Waals surface area (Å²) in [5.74, 6) is 1.27. The van der Waals surface area contributed by atoms with E-state index >= 15 is 0 Å². The summed E-state index contributed by atoms with van der Waals surface area (Å²) in [6.07, 6.45) is -0.526. The third-order valence-electron chi connectivity index (χ3n) is 3.09. The molecule has 0 aliphatic rings. The van der Waals surface area contributed by atoms with E-state index in [1.165, 1.54) is 4.88 Å². The zero-order chi connectivity index (χ0) is 14.7. The van der Waals surface area contributed by atoms with Crippen molar-refractivity contribution in [2.45, 2.75) is 33.5 Å². The lowest BCUT2D eigenvalue weighted by Gasteiger charge is -2.12. The Labute approximate surface area is 123 Å². The molecule has 1 unspecified atom stereocenters.